The van der Waals surface area contributed by atoms with Gasteiger partial charge in [0.05, 0.1) is 25.5 Å². The summed E-state index contributed by atoms with van der Waals surface area (Å²) in [6, 6.07) is 12.3. The third-order valence-electron chi connectivity index (χ3n) is 5.81. The SMILES string of the molecule is COc1cccc(-c2cnc3n2CC2(CCN(Cc4ccncc4)C2)OC3)c1. The number of fused-ring (bicyclic) bond motifs is 1. The summed E-state index contributed by atoms with van der Waals surface area (Å²) >= 11 is 0. The van der Waals surface area contributed by atoms with Crippen molar-refractivity contribution in [2.45, 2.75) is 31.7 Å². The molecule has 0 amide bonds. The van der Waals surface area contributed by atoms with Crippen molar-refractivity contribution < 1.29 is 9.47 Å². The highest BCUT2D eigenvalue weighted by Crippen LogP contribution is 2.36. The average Bonchev–Trinajstić information content (AvgIpc) is 3.33. The number of ether oxygens (including phenoxy) is 2. The van der Waals surface area contributed by atoms with Gasteiger partial charge in [0.15, 0.2) is 0 Å². The number of imidazole rings is 1. The Labute approximate surface area is 164 Å². The van der Waals surface area contributed by atoms with E-state index in [4.69, 9.17) is 9.47 Å². The number of aromatic nitrogens is 3. The van der Waals surface area contributed by atoms with E-state index in [1.54, 1.807) is 7.11 Å². The molecule has 0 bridgehead atoms. The van der Waals surface area contributed by atoms with Crippen molar-refractivity contribution >= 4 is 0 Å². The molecule has 28 heavy (non-hydrogen) atoms. The van der Waals surface area contributed by atoms with Gasteiger partial charge in [0.1, 0.15) is 23.8 Å². The van der Waals surface area contributed by atoms with Gasteiger partial charge in [-0.1, -0.05) is 12.1 Å². The summed E-state index contributed by atoms with van der Waals surface area (Å²) in [7, 11) is 1.70. The first-order valence-corrected chi connectivity index (χ1v) is 9.69. The minimum absolute atomic E-state index is 0.144. The molecule has 1 atom stereocenters. The second kappa shape index (κ2) is 7.04. The Kier molecular flexibility index (Phi) is 4.37. The number of methoxy groups -OCH3 is 1. The van der Waals surface area contributed by atoms with E-state index in [1.807, 2.05) is 30.7 Å². The van der Waals surface area contributed by atoms with E-state index >= 15 is 0 Å². The Balaban J connectivity index is 1.37. The van der Waals surface area contributed by atoms with Gasteiger partial charge in [-0.15, -0.1) is 0 Å². The molecule has 1 aromatic carbocycles. The van der Waals surface area contributed by atoms with Gasteiger partial charge >= 0.3 is 0 Å². The van der Waals surface area contributed by atoms with Crippen molar-refractivity contribution in [2.24, 2.45) is 0 Å². The molecule has 0 aliphatic carbocycles. The van der Waals surface area contributed by atoms with Gasteiger partial charge in [-0.3, -0.25) is 9.88 Å². The summed E-state index contributed by atoms with van der Waals surface area (Å²) in [5.41, 5.74) is 3.41. The lowest BCUT2D eigenvalue weighted by atomic mass is 10.0. The quantitative estimate of drug-likeness (QED) is 0.700. The molecule has 4 heterocycles. The second-order valence-corrected chi connectivity index (χ2v) is 7.67. The van der Waals surface area contributed by atoms with Crippen LogP contribution in [0.25, 0.3) is 11.3 Å². The van der Waals surface area contributed by atoms with E-state index < -0.39 is 0 Å². The summed E-state index contributed by atoms with van der Waals surface area (Å²) in [6.07, 6.45) is 6.70. The van der Waals surface area contributed by atoms with Crippen molar-refractivity contribution in [3.63, 3.8) is 0 Å². The van der Waals surface area contributed by atoms with Crippen molar-refractivity contribution in [2.75, 3.05) is 20.2 Å². The smallest absolute Gasteiger partial charge is 0.135 e. The zero-order chi connectivity index (χ0) is 19.0. The molecular formula is C22H24N4O2. The topological polar surface area (TPSA) is 52.4 Å². The predicted molar refractivity (Wildman–Crippen MR) is 106 cm³/mol. The lowest BCUT2D eigenvalue weighted by Gasteiger charge is -2.35. The number of benzene rings is 1. The van der Waals surface area contributed by atoms with Crippen LogP contribution in [0.3, 0.4) is 0 Å². The Bertz CT molecular complexity index is 972. The first kappa shape index (κ1) is 17.4. The molecule has 2 aliphatic rings. The van der Waals surface area contributed by atoms with E-state index in [0.29, 0.717) is 6.61 Å². The average molecular weight is 376 g/mol. The van der Waals surface area contributed by atoms with Crippen LogP contribution in [0, 0.1) is 0 Å². The first-order valence-electron chi connectivity index (χ1n) is 9.69. The summed E-state index contributed by atoms with van der Waals surface area (Å²) in [6.45, 7) is 4.31. The molecule has 0 radical (unpaired) electrons. The van der Waals surface area contributed by atoms with Gasteiger partial charge in [-0.05, 0) is 36.2 Å². The molecule has 1 saturated heterocycles. The highest BCUT2D eigenvalue weighted by molar-refractivity contribution is 5.61. The third-order valence-corrected chi connectivity index (χ3v) is 5.81. The van der Waals surface area contributed by atoms with Crippen LogP contribution in [0.5, 0.6) is 5.75 Å². The van der Waals surface area contributed by atoms with Gasteiger partial charge < -0.3 is 14.0 Å². The monoisotopic (exact) mass is 376 g/mol. The Morgan fingerprint density at radius 3 is 2.93 bits per heavy atom. The lowest BCUT2D eigenvalue weighted by molar-refractivity contribution is -0.0821. The van der Waals surface area contributed by atoms with Crippen molar-refractivity contribution in [1.82, 2.24) is 19.4 Å². The zero-order valence-corrected chi connectivity index (χ0v) is 16.0. The minimum Gasteiger partial charge on any atom is -0.497 e. The van der Waals surface area contributed by atoms with Crippen LogP contribution in [-0.2, 0) is 24.4 Å². The molecule has 1 fully saturated rings. The van der Waals surface area contributed by atoms with Crippen molar-refractivity contribution in [1.29, 1.82) is 0 Å². The first-order chi connectivity index (χ1) is 13.7. The maximum absolute atomic E-state index is 6.35. The summed E-state index contributed by atoms with van der Waals surface area (Å²) in [4.78, 5) is 11.2. The predicted octanol–water partition coefficient (Wildman–Crippen LogP) is 3.13. The fourth-order valence-electron chi connectivity index (χ4n) is 4.33. The van der Waals surface area contributed by atoms with Gasteiger partial charge in [0.2, 0.25) is 0 Å². The number of hydrogen-bond donors (Lipinski definition) is 0. The van der Waals surface area contributed by atoms with Crippen LogP contribution in [0.2, 0.25) is 0 Å². The third kappa shape index (κ3) is 3.19. The van der Waals surface area contributed by atoms with Crippen LogP contribution in [0.4, 0.5) is 0 Å². The number of nitrogens with zero attached hydrogens (tertiary/aromatic N) is 4. The molecule has 2 aliphatic heterocycles. The molecule has 1 unspecified atom stereocenters. The van der Waals surface area contributed by atoms with Gasteiger partial charge in [-0.2, -0.15) is 0 Å². The van der Waals surface area contributed by atoms with Crippen LogP contribution < -0.4 is 4.74 Å². The van der Waals surface area contributed by atoms with E-state index in [-0.39, 0.29) is 5.60 Å². The summed E-state index contributed by atoms with van der Waals surface area (Å²) < 4.78 is 14.1. The Morgan fingerprint density at radius 1 is 1.18 bits per heavy atom. The number of rotatable bonds is 4. The maximum atomic E-state index is 6.35. The molecule has 6 heteroatoms. The van der Waals surface area contributed by atoms with E-state index in [0.717, 1.165) is 55.4 Å². The van der Waals surface area contributed by atoms with Gasteiger partial charge in [-0.25, -0.2) is 4.98 Å². The molecule has 0 N–H and O–H groups in total. The standard InChI is InChI=1S/C22H24N4O2/c1-27-19-4-2-3-18(11-19)20-12-24-21-14-28-22(16-26(20)21)7-10-25(15-22)13-17-5-8-23-9-6-17/h2-6,8-9,11-12H,7,10,13-16H2,1H3. The molecule has 3 aromatic rings. The second-order valence-electron chi connectivity index (χ2n) is 7.67. The fraction of sp³-hybridized carbons (Fsp3) is 0.364. The summed E-state index contributed by atoms with van der Waals surface area (Å²) in [5.74, 6) is 1.86. The van der Waals surface area contributed by atoms with Crippen LogP contribution in [0.15, 0.2) is 55.0 Å². The molecular weight excluding hydrogens is 352 g/mol. The number of hydrogen-bond acceptors (Lipinski definition) is 5. The van der Waals surface area contributed by atoms with Crippen LogP contribution in [-0.4, -0.2) is 45.2 Å². The van der Waals surface area contributed by atoms with Crippen molar-refractivity contribution in [3.8, 4) is 17.0 Å². The maximum Gasteiger partial charge on any atom is 0.135 e. The van der Waals surface area contributed by atoms with Crippen LogP contribution >= 0.6 is 0 Å². The van der Waals surface area contributed by atoms with E-state index in [9.17, 15) is 0 Å². The van der Waals surface area contributed by atoms with Crippen LogP contribution in [0.1, 0.15) is 17.8 Å². The zero-order valence-electron chi connectivity index (χ0n) is 16.0. The molecule has 2 aromatic heterocycles. The fourth-order valence-corrected chi connectivity index (χ4v) is 4.33. The highest BCUT2D eigenvalue weighted by atomic mass is 16.5. The Hall–Kier alpha value is -2.70. The molecule has 1 spiro atoms. The molecule has 5 rings (SSSR count). The molecule has 144 valence electrons. The van der Waals surface area contributed by atoms with E-state index in [1.165, 1.54) is 5.56 Å². The normalized spacial score (nSPS) is 21.8. The van der Waals surface area contributed by atoms with Gasteiger partial charge in [0.25, 0.3) is 0 Å². The largest absolute Gasteiger partial charge is 0.497 e. The molecule has 6 nitrogen and oxygen atoms in total. The minimum atomic E-state index is -0.144. The Morgan fingerprint density at radius 2 is 2.07 bits per heavy atom. The van der Waals surface area contributed by atoms with E-state index in [2.05, 4.69) is 43.7 Å². The summed E-state index contributed by atoms with van der Waals surface area (Å²) in [5, 5.41) is 0. The highest BCUT2D eigenvalue weighted by Gasteiger charge is 2.43. The lowest BCUT2D eigenvalue weighted by Crippen LogP contribution is -2.44. The molecule has 0 saturated carbocycles. The number of pyridine rings is 1. The number of likely N-dealkylation sites (tertiary alicyclic amines) is 1. The van der Waals surface area contributed by atoms with Crippen molar-refractivity contribution in [3.05, 3.63) is 66.4 Å². The van der Waals surface area contributed by atoms with Gasteiger partial charge in [0, 0.05) is 37.6 Å².